The Morgan fingerprint density at radius 2 is 1.73 bits per heavy atom. The van der Waals surface area contributed by atoms with Crippen LogP contribution in [0.2, 0.25) is 0 Å². The molecule has 0 bridgehead atoms. The molecule has 0 radical (unpaired) electrons. The highest BCUT2D eigenvalue weighted by molar-refractivity contribution is 7.89. The molecule has 2 aromatic carbocycles. The average molecular weight is 436 g/mol. The Labute approximate surface area is 173 Å². The van der Waals surface area contributed by atoms with Crippen LogP contribution >= 0.6 is 0 Å². The van der Waals surface area contributed by atoms with Gasteiger partial charge < -0.3 is 15.2 Å². The van der Waals surface area contributed by atoms with Gasteiger partial charge in [-0.1, -0.05) is 0 Å². The molecule has 1 aliphatic heterocycles. The molecule has 3 rings (SSSR count). The van der Waals surface area contributed by atoms with E-state index >= 15 is 0 Å². The highest BCUT2D eigenvalue weighted by Crippen LogP contribution is 2.27. The van der Waals surface area contributed by atoms with Gasteiger partial charge in [0.2, 0.25) is 15.8 Å². The van der Waals surface area contributed by atoms with Crippen LogP contribution in [0.5, 0.6) is 11.5 Å². The summed E-state index contributed by atoms with van der Waals surface area (Å²) in [6.07, 6.45) is 1.55. The number of halogens is 1. The molecular formula is C20H21FN2O6S. The van der Waals surface area contributed by atoms with Gasteiger partial charge in [0.05, 0.1) is 23.1 Å². The molecule has 1 fully saturated rings. The van der Waals surface area contributed by atoms with E-state index in [1.54, 1.807) is 0 Å². The number of primary amides is 1. The fourth-order valence-electron chi connectivity index (χ4n) is 3.18. The molecule has 0 saturated carbocycles. The second-order valence-electron chi connectivity index (χ2n) is 6.69. The number of Topliss-reactive ketones (excluding diaryl/α,β-unsaturated/α-hetero) is 1. The van der Waals surface area contributed by atoms with Crippen molar-refractivity contribution in [2.45, 2.75) is 17.7 Å². The molecule has 1 aliphatic rings. The van der Waals surface area contributed by atoms with Crippen molar-refractivity contribution in [3.63, 3.8) is 0 Å². The summed E-state index contributed by atoms with van der Waals surface area (Å²) in [6, 6.07) is 7.20. The molecule has 0 unspecified atom stereocenters. The van der Waals surface area contributed by atoms with Gasteiger partial charge in [0.1, 0.15) is 17.3 Å². The van der Waals surface area contributed by atoms with Gasteiger partial charge in [-0.15, -0.1) is 0 Å². The number of sulfonamides is 1. The van der Waals surface area contributed by atoms with E-state index in [2.05, 4.69) is 0 Å². The maximum Gasteiger partial charge on any atom is 0.252 e. The molecule has 10 heteroatoms. The van der Waals surface area contributed by atoms with Gasteiger partial charge in [0, 0.05) is 13.1 Å². The van der Waals surface area contributed by atoms with Crippen molar-refractivity contribution in [2.75, 3.05) is 26.8 Å². The van der Waals surface area contributed by atoms with Crippen LogP contribution in [-0.4, -0.2) is 51.2 Å². The van der Waals surface area contributed by atoms with Crippen LogP contribution in [0.4, 0.5) is 4.39 Å². The van der Waals surface area contributed by atoms with Gasteiger partial charge in [-0.2, -0.15) is 4.31 Å². The molecule has 8 nitrogen and oxygen atoms in total. The van der Waals surface area contributed by atoms with Crippen molar-refractivity contribution >= 4 is 21.7 Å². The smallest absolute Gasteiger partial charge is 0.252 e. The monoisotopic (exact) mass is 436 g/mol. The lowest BCUT2D eigenvalue weighted by Crippen LogP contribution is -2.28. The Morgan fingerprint density at radius 1 is 1.07 bits per heavy atom. The maximum absolute atomic E-state index is 13.5. The number of nitrogens with zero attached hydrogens (tertiary/aromatic N) is 1. The number of hydrogen-bond donors (Lipinski definition) is 1. The lowest BCUT2D eigenvalue weighted by molar-refractivity contribution is 0.0908. The number of methoxy groups -OCH3 is 1. The fourth-order valence-corrected chi connectivity index (χ4v) is 4.73. The normalized spacial score (nSPS) is 14.5. The van der Waals surface area contributed by atoms with Crippen LogP contribution in [-0.2, 0) is 10.0 Å². The summed E-state index contributed by atoms with van der Waals surface area (Å²) in [5.74, 6) is -1.98. The van der Waals surface area contributed by atoms with Crippen molar-refractivity contribution in [3.05, 3.63) is 53.3 Å². The van der Waals surface area contributed by atoms with Gasteiger partial charge >= 0.3 is 0 Å². The zero-order chi connectivity index (χ0) is 21.9. The molecule has 2 N–H and O–H groups in total. The standard InChI is InChI=1S/C20H21FN2O6S/c1-28-18-6-4-13(21)10-15(18)17(24)12-29-19-7-5-14(11-16(19)20(22)25)30(26,27)23-8-2-3-9-23/h4-7,10-11H,2-3,8-9,12H2,1H3,(H2,22,25). The predicted molar refractivity (Wildman–Crippen MR) is 106 cm³/mol. The second kappa shape index (κ2) is 8.80. The average Bonchev–Trinajstić information content (AvgIpc) is 3.27. The van der Waals surface area contributed by atoms with E-state index in [-0.39, 0.29) is 27.5 Å². The highest BCUT2D eigenvalue weighted by Gasteiger charge is 2.28. The minimum Gasteiger partial charge on any atom is -0.496 e. The molecule has 2 aromatic rings. The van der Waals surface area contributed by atoms with Crippen LogP contribution in [0.15, 0.2) is 41.3 Å². The zero-order valence-electron chi connectivity index (χ0n) is 16.3. The number of nitrogens with two attached hydrogens (primary N) is 1. The molecule has 1 saturated heterocycles. The number of ether oxygens (including phenoxy) is 2. The molecular weight excluding hydrogens is 415 g/mol. The first-order valence-electron chi connectivity index (χ1n) is 9.17. The van der Waals surface area contributed by atoms with E-state index < -0.39 is 34.1 Å². The molecule has 0 atom stereocenters. The number of hydrogen-bond acceptors (Lipinski definition) is 6. The highest BCUT2D eigenvalue weighted by atomic mass is 32.2. The third-order valence-corrected chi connectivity index (χ3v) is 6.63. The van der Waals surface area contributed by atoms with Crippen molar-refractivity contribution in [1.82, 2.24) is 4.31 Å². The fraction of sp³-hybridized carbons (Fsp3) is 0.300. The first kappa shape index (κ1) is 21.7. The summed E-state index contributed by atoms with van der Waals surface area (Å²) >= 11 is 0. The Balaban J connectivity index is 1.84. The van der Waals surface area contributed by atoms with E-state index in [1.807, 2.05) is 0 Å². The van der Waals surface area contributed by atoms with Crippen molar-refractivity contribution in [1.29, 1.82) is 0 Å². The largest absolute Gasteiger partial charge is 0.496 e. The number of amides is 1. The Bertz CT molecular complexity index is 1080. The first-order chi connectivity index (χ1) is 14.2. The van der Waals surface area contributed by atoms with Crippen LogP contribution in [0, 0.1) is 5.82 Å². The molecule has 30 heavy (non-hydrogen) atoms. The second-order valence-corrected chi connectivity index (χ2v) is 8.63. The van der Waals surface area contributed by atoms with Crippen molar-refractivity contribution in [2.24, 2.45) is 5.73 Å². The first-order valence-corrected chi connectivity index (χ1v) is 10.6. The summed E-state index contributed by atoms with van der Waals surface area (Å²) < 4.78 is 50.7. The van der Waals surface area contributed by atoms with Gasteiger partial charge in [-0.25, -0.2) is 12.8 Å². The van der Waals surface area contributed by atoms with Crippen LogP contribution < -0.4 is 15.2 Å². The van der Waals surface area contributed by atoms with E-state index in [1.165, 1.54) is 29.6 Å². The molecule has 0 spiro atoms. The van der Waals surface area contributed by atoms with Gasteiger partial charge in [-0.05, 0) is 49.2 Å². The summed E-state index contributed by atoms with van der Waals surface area (Å²) in [5, 5.41) is 0. The third-order valence-electron chi connectivity index (χ3n) is 4.74. The number of carbonyl (C=O) groups excluding carboxylic acids is 2. The lowest BCUT2D eigenvalue weighted by Gasteiger charge is -2.17. The molecule has 1 heterocycles. The summed E-state index contributed by atoms with van der Waals surface area (Å²) in [5.41, 5.74) is 5.19. The van der Waals surface area contributed by atoms with E-state index in [0.29, 0.717) is 13.1 Å². The van der Waals surface area contributed by atoms with Crippen LogP contribution in [0.25, 0.3) is 0 Å². The Morgan fingerprint density at radius 3 is 2.37 bits per heavy atom. The van der Waals surface area contributed by atoms with Crippen LogP contribution in [0.3, 0.4) is 0 Å². The van der Waals surface area contributed by atoms with Gasteiger partial charge in [0.25, 0.3) is 5.91 Å². The lowest BCUT2D eigenvalue weighted by atomic mass is 10.1. The summed E-state index contributed by atoms with van der Waals surface area (Å²) in [4.78, 5) is 24.2. The van der Waals surface area contributed by atoms with Gasteiger partial charge in [-0.3, -0.25) is 9.59 Å². The molecule has 1 amide bonds. The molecule has 0 aromatic heterocycles. The number of carbonyl (C=O) groups is 2. The minimum absolute atomic E-state index is 0.0219. The number of rotatable bonds is 8. The van der Waals surface area contributed by atoms with Crippen LogP contribution in [0.1, 0.15) is 33.6 Å². The summed E-state index contributed by atoms with van der Waals surface area (Å²) in [6.45, 7) is 0.297. The van der Waals surface area contributed by atoms with E-state index in [0.717, 1.165) is 31.0 Å². The molecule has 0 aliphatic carbocycles. The number of ketones is 1. The van der Waals surface area contributed by atoms with Crippen molar-refractivity contribution < 1.29 is 31.9 Å². The van der Waals surface area contributed by atoms with E-state index in [4.69, 9.17) is 15.2 Å². The topological polar surface area (TPSA) is 116 Å². The minimum atomic E-state index is -3.75. The predicted octanol–water partition coefficient (Wildman–Crippen LogP) is 1.98. The Kier molecular flexibility index (Phi) is 6.37. The summed E-state index contributed by atoms with van der Waals surface area (Å²) in [7, 11) is -2.41. The molecule has 160 valence electrons. The number of benzene rings is 2. The zero-order valence-corrected chi connectivity index (χ0v) is 17.1. The SMILES string of the molecule is COc1ccc(F)cc1C(=O)COc1ccc(S(=O)(=O)N2CCCC2)cc1C(N)=O. The maximum atomic E-state index is 13.5. The van der Waals surface area contributed by atoms with Crippen molar-refractivity contribution in [3.8, 4) is 11.5 Å². The Hall–Kier alpha value is -2.98. The third kappa shape index (κ3) is 4.44. The van der Waals surface area contributed by atoms with Gasteiger partial charge in [0.15, 0.2) is 6.61 Å². The van der Waals surface area contributed by atoms with E-state index in [9.17, 15) is 22.4 Å². The quantitative estimate of drug-likeness (QED) is 0.633.